The van der Waals surface area contributed by atoms with Crippen molar-refractivity contribution in [3.05, 3.63) is 46.6 Å². The second-order valence-corrected chi connectivity index (χ2v) is 6.70. The summed E-state index contributed by atoms with van der Waals surface area (Å²) in [5.41, 5.74) is 0.824. The van der Waals surface area contributed by atoms with E-state index in [1.807, 2.05) is 12.1 Å². The summed E-state index contributed by atoms with van der Waals surface area (Å²) in [6.45, 7) is 6.75. The predicted molar refractivity (Wildman–Crippen MR) is 94.4 cm³/mol. The number of nitrogens with zero attached hydrogens (tertiary/aromatic N) is 7. The van der Waals surface area contributed by atoms with E-state index < -0.39 is 0 Å². The molecule has 0 amide bonds. The van der Waals surface area contributed by atoms with Gasteiger partial charge in [-0.2, -0.15) is 5.10 Å². The summed E-state index contributed by atoms with van der Waals surface area (Å²) in [4.78, 5) is 27.8. The van der Waals surface area contributed by atoms with Gasteiger partial charge in [0.25, 0.3) is 5.56 Å². The van der Waals surface area contributed by atoms with Gasteiger partial charge in [-0.1, -0.05) is 0 Å². The Bertz CT molecular complexity index is 764. The van der Waals surface area contributed by atoms with E-state index in [-0.39, 0.29) is 5.56 Å². The van der Waals surface area contributed by atoms with Gasteiger partial charge in [-0.3, -0.25) is 14.6 Å². The van der Waals surface area contributed by atoms with Gasteiger partial charge in [0, 0.05) is 83.1 Å². The Labute approximate surface area is 146 Å². The first-order valence-electron chi connectivity index (χ1n) is 8.70. The van der Waals surface area contributed by atoms with Crippen LogP contribution in [0.1, 0.15) is 5.56 Å². The molecule has 2 fully saturated rings. The molecule has 0 radical (unpaired) electrons. The lowest BCUT2D eigenvalue weighted by Crippen LogP contribution is -2.63. The highest BCUT2D eigenvalue weighted by molar-refractivity contribution is 5.29. The zero-order valence-corrected chi connectivity index (χ0v) is 14.5. The Morgan fingerprint density at radius 3 is 2.52 bits per heavy atom. The van der Waals surface area contributed by atoms with E-state index >= 15 is 0 Å². The molecule has 2 aromatic rings. The molecule has 0 spiro atoms. The van der Waals surface area contributed by atoms with Crippen molar-refractivity contribution in [1.82, 2.24) is 29.5 Å². The van der Waals surface area contributed by atoms with Crippen molar-refractivity contribution in [3.63, 3.8) is 0 Å². The minimum atomic E-state index is 0.00225. The third-order valence-electron chi connectivity index (χ3n) is 5.08. The molecule has 2 aromatic heterocycles. The first-order valence-corrected chi connectivity index (χ1v) is 8.70. The van der Waals surface area contributed by atoms with Gasteiger partial charge in [-0.15, -0.1) is 0 Å². The fourth-order valence-electron chi connectivity index (χ4n) is 3.56. The smallest absolute Gasteiger partial charge is 0.270 e. The molecule has 2 saturated heterocycles. The molecule has 0 atom stereocenters. The monoisotopic (exact) mass is 341 g/mol. The lowest BCUT2D eigenvalue weighted by molar-refractivity contribution is 0.0251. The van der Waals surface area contributed by atoms with Gasteiger partial charge in [0.1, 0.15) is 0 Å². The second kappa shape index (κ2) is 6.89. The molecule has 0 bridgehead atoms. The van der Waals surface area contributed by atoms with Crippen LogP contribution >= 0.6 is 0 Å². The van der Waals surface area contributed by atoms with E-state index in [2.05, 4.69) is 29.8 Å². The highest BCUT2D eigenvalue weighted by Gasteiger charge is 2.34. The topological polar surface area (TPSA) is 70.4 Å². The number of rotatable bonds is 4. The Balaban J connectivity index is 1.26. The molecule has 132 valence electrons. The molecule has 2 aliphatic heterocycles. The van der Waals surface area contributed by atoms with Crippen LogP contribution in [0.25, 0.3) is 0 Å². The van der Waals surface area contributed by atoms with Crippen molar-refractivity contribution >= 4 is 5.95 Å². The van der Waals surface area contributed by atoms with Crippen LogP contribution in [0, 0.1) is 0 Å². The highest BCUT2D eigenvalue weighted by Crippen LogP contribution is 2.19. The Morgan fingerprint density at radius 2 is 1.80 bits per heavy atom. The highest BCUT2D eigenvalue weighted by atomic mass is 16.1. The summed E-state index contributed by atoms with van der Waals surface area (Å²) in [5, 5.41) is 3.97. The largest absolute Gasteiger partial charge is 0.338 e. The van der Waals surface area contributed by atoms with E-state index in [1.165, 1.54) is 4.68 Å². The summed E-state index contributed by atoms with van der Waals surface area (Å²) in [5.74, 6) is 0.825. The quantitative estimate of drug-likeness (QED) is 0.748. The number of likely N-dealkylation sites (tertiary alicyclic amines) is 1. The molecular formula is C17H23N7O. The van der Waals surface area contributed by atoms with Crippen LogP contribution in [0.4, 0.5) is 5.95 Å². The van der Waals surface area contributed by atoms with E-state index in [4.69, 9.17) is 0 Å². The zero-order chi connectivity index (χ0) is 17.2. The number of hydrogen-bond donors (Lipinski definition) is 0. The zero-order valence-electron chi connectivity index (χ0n) is 14.5. The lowest BCUT2D eigenvalue weighted by atomic mass is 10.0. The van der Waals surface area contributed by atoms with Crippen molar-refractivity contribution in [3.8, 4) is 0 Å². The lowest BCUT2D eigenvalue weighted by Gasteiger charge is -2.48. The number of anilines is 1. The van der Waals surface area contributed by atoms with Crippen LogP contribution in [0.3, 0.4) is 0 Å². The van der Waals surface area contributed by atoms with Gasteiger partial charge in [-0.25, -0.2) is 14.6 Å². The standard InChI is InChI=1S/C17H23N7O/c1-21-16(25)14(3-6-20-21)11-22-12-15(13-22)23-7-9-24(10-8-23)17-18-4-2-5-19-17/h2-6,15H,7-13H2,1H3. The molecule has 8 heteroatoms. The summed E-state index contributed by atoms with van der Waals surface area (Å²) in [6.07, 6.45) is 5.28. The van der Waals surface area contributed by atoms with Crippen molar-refractivity contribution in [2.24, 2.45) is 7.05 Å². The maximum absolute atomic E-state index is 12.0. The average molecular weight is 341 g/mol. The molecule has 4 heterocycles. The SMILES string of the molecule is Cn1nccc(CN2CC(N3CCN(c4ncccn4)CC3)C2)c1=O. The third-order valence-corrected chi connectivity index (χ3v) is 5.08. The van der Waals surface area contributed by atoms with Crippen LogP contribution < -0.4 is 10.5 Å². The fourth-order valence-corrected chi connectivity index (χ4v) is 3.56. The van der Waals surface area contributed by atoms with Crippen molar-refractivity contribution < 1.29 is 0 Å². The Kier molecular flexibility index (Phi) is 4.46. The van der Waals surface area contributed by atoms with Crippen LogP contribution in [0.15, 0.2) is 35.5 Å². The van der Waals surface area contributed by atoms with Crippen molar-refractivity contribution in [2.45, 2.75) is 12.6 Å². The molecule has 0 N–H and O–H groups in total. The van der Waals surface area contributed by atoms with E-state index in [1.54, 1.807) is 25.6 Å². The number of hydrogen-bond acceptors (Lipinski definition) is 7. The molecule has 0 aliphatic carbocycles. The molecule has 8 nitrogen and oxygen atoms in total. The van der Waals surface area contributed by atoms with Gasteiger partial charge >= 0.3 is 0 Å². The number of piperazine rings is 1. The summed E-state index contributed by atoms with van der Waals surface area (Å²) in [7, 11) is 1.70. The Morgan fingerprint density at radius 1 is 1.08 bits per heavy atom. The fraction of sp³-hybridized carbons (Fsp3) is 0.529. The van der Waals surface area contributed by atoms with Gasteiger partial charge in [0.2, 0.25) is 5.95 Å². The first-order chi connectivity index (χ1) is 12.2. The summed E-state index contributed by atoms with van der Waals surface area (Å²) >= 11 is 0. The van der Waals surface area contributed by atoms with Gasteiger partial charge in [0.05, 0.1) is 0 Å². The normalized spacial score (nSPS) is 19.8. The predicted octanol–water partition coefficient (Wildman–Crippen LogP) is -0.423. The van der Waals surface area contributed by atoms with E-state index in [0.29, 0.717) is 12.6 Å². The maximum atomic E-state index is 12.0. The molecule has 2 aliphatic rings. The van der Waals surface area contributed by atoms with Crippen LogP contribution in [-0.4, -0.2) is 74.9 Å². The molecular weight excluding hydrogens is 318 g/mol. The average Bonchev–Trinajstić information content (AvgIpc) is 2.62. The van der Waals surface area contributed by atoms with Crippen molar-refractivity contribution in [1.29, 1.82) is 0 Å². The van der Waals surface area contributed by atoms with Gasteiger partial charge < -0.3 is 4.90 Å². The minimum absolute atomic E-state index is 0.00225. The molecule has 0 aromatic carbocycles. The minimum Gasteiger partial charge on any atom is -0.338 e. The number of aromatic nitrogens is 4. The van der Waals surface area contributed by atoms with Gasteiger partial charge in [-0.05, 0) is 12.1 Å². The third kappa shape index (κ3) is 3.40. The molecule has 4 rings (SSSR count). The molecule has 25 heavy (non-hydrogen) atoms. The molecule has 0 unspecified atom stereocenters. The van der Waals surface area contributed by atoms with Crippen LogP contribution in [0.2, 0.25) is 0 Å². The Hall–Kier alpha value is -2.32. The van der Waals surface area contributed by atoms with Gasteiger partial charge in [0.15, 0.2) is 0 Å². The maximum Gasteiger partial charge on any atom is 0.270 e. The van der Waals surface area contributed by atoms with E-state index in [9.17, 15) is 4.79 Å². The van der Waals surface area contributed by atoms with Crippen LogP contribution in [0.5, 0.6) is 0 Å². The van der Waals surface area contributed by atoms with Crippen molar-refractivity contribution in [2.75, 3.05) is 44.2 Å². The summed E-state index contributed by atoms with van der Waals surface area (Å²) in [6, 6.07) is 4.26. The second-order valence-electron chi connectivity index (χ2n) is 6.70. The molecule has 0 saturated carbocycles. The van der Waals surface area contributed by atoms with Crippen LogP contribution in [-0.2, 0) is 13.6 Å². The summed E-state index contributed by atoms with van der Waals surface area (Å²) < 4.78 is 1.40. The number of aryl methyl sites for hydroxylation is 1. The van der Waals surface area contributed by atoms with E-state index in [0.717, 1.165) is 50.8 Å². The first kappa shape index (κ1) is 16.2.